The maximum atomic E-state index is 11.6. The lowest BCUT2D eigenvalue weighted by Gasteiger charge is -2.06. The summed E-state index contributed by atoms with van der Waals surface area (Å²) < 4.78 is 1.94. The molecule has 1 aromatic carbocycles. The summed E-state index contributed by atoms with van der Waals surface area (Å²) in [5.41, 5.74) is 9.92. The quantitative estimate of drug-likeness (QED) is 0.843. The first kappa shape index (κ1) is 12.7. The minimum atomic E-state index is -0.0131. The molecule has 0 saturated carbocycles. The number of hydrogen-bond donors (Lipinski definition) is 1. The molecular formula is C14H15ClN2O. The van der Waals surface area contributed by atoms with E-state index in [-0.39, 0.29) is 5.78 Å². The molecule has 1 aromatic heterocycles. The zero-order valence-electron chi connectivity index (χ0n) is 10.6. The number of benzene rings is 1. The molecule has 4 heteroatoms. The number of nitrogen functional groups attached to an aromatic ring is 1. The standard InChI is InChI=1S/C14H15ClN2O/c1-8-12(9(2)18)13(16)14(17(8)3)10-4-6-11(15)7-5-10/h4-7H,16H2,1-3H3. The van der Waals surface area contributed by atoms with Crippen LogP contribution < -0.4 is 5.73 Å². The van der Waals surface area contributed by atoms with Crippen LogP contribution in [-0.4, -0.2) is 10.4 Å². The number of ketones is 1. The zero-order chi connectivity index (χ0) is 13.4. The van der Waals surface area contributed by atoms with Crippen molar-refractivity contribution in [3.63, 3.8) is 0 Å². The Morgan fingerprint density at radius 3 is 2.28 bits per heavy atom. The van der Waals surface area contributed by atoms with Crippen LogP contribution in [0.3, 0.4) is 0 Å². The minimum Gasteiger partial charge on any atom is -0.396 e. The van der Waals surface area contributed by atoms with Gasteiger partial charge >= 0.3 is 0 Å². The van der Waals surface area contributed by atoms with E-state index in [0.717, 1.165) is 17.0 Å². The Labute approximate surface area is 111 Å². The Morgan fingerprint density at radius 1 is 1.28 bits per heavy atom. The summed E-state index contributed by atoms with van der Waals surface area (Å²) in [7, 11) is 1.90. The third-order valence-electron chi connectivity index (χ3n) is 3.19. The molecule has 0 aliphatic rings. The molecule has 2 aromatic rings. The Balaban J connectivity index is 2.69. The highest BCUT2D eigenvalue weighted by Gasteiger charge is 2.19. The number of anilines is 1. The van der Waals surface area contributed by atoms with E-state index < -0.39 is 0 Å². The van der Waals surface area contributed by atoms with E-state index in [1.807, 2.05) is 42.8 Å². The normalized spacial score (nSPS) is 10.7. The molecule has 94 valence electrons. The van der Waals surface area contributed by atoms with E-state index in [9.17, 15) is 4.79 Å². The van der Waals surface area contributed by atoms with E-state index >= 15 is 0 Å². The summed E-state index contributed by atoms with van der Waals surface area (Å²) in [5, 5.41) is 0.676. The third kappa shape index (κ3) is 1.91. The number of hydrogen-bond acceptors (Lipinski definition) is 2. The van der Waals surface area contributed by atoms with Crippen LogP contribution in [0.5, 0.6) is 0 Å². The molecule has 0 aliphatic heterocycles. The second-order valence-electron chi connectivity index (χ2n) is 4.34. The number of aromatic nitrogens is 1. The minimum absolute atomic E-state index is 0.0131. The van der Waals surface area contributed by atoms with Gasteiger partial charge < -0.3 is 10.3 Å². The smallest absolute Gasteiger partial charge is 0.163 e. The molecule has 0 amide bonds. The van der Waals surface area contributed by atoms with Crippen LogP contribution in [0.25, 0.3) is 11.3 Å². The van der Waals surface area contributed by atoms with E-state index in [1.54, 1.807) is 0 Å². The van der Waals surface area contributed by atoms with Gasteiger partial charge in [0.05, 0.1) is 16.9 Å². The van der Waals surface area contributed by atoms with Gasteiger partial charge in [-0.25, -0.2) is 0 Å². The van der Waals surface area contributed by atoms with Gasteiger partial charge in [0, 0.05) is 23.3 Å². The number of carbonyl (C=O) groups excluding carboxylic acids is 1. The SMILES string of the molecule is CC(=O)c1c(N)c(-c2ccc(Cl)cc2)n(C)c1C. The Hall–Kier alpha value is -1.74. The molecule has 0 radical (unpaired) electrons. The van der Waals surface area contributed by atoms with Gasteiger partial charge in [0.1, 0.15) is 0 Å². The molecule has 0 fully saturated rings. The predicted molar refractivity (Wildman–Crippen MR) is 75.0 cm³/mol. The van der Waals surface area contributed by atoms with Gasteiger partial charge in [-0.1, -0.05) is 23.7 Å². The lowest BCUT2D eigenvalue weighted by molar-refractivity contribution is 0.101. The summed E-state index contributed by atoms with van der Waals surface area (Å²) in [6, 6.07) is 7.42. The fourth-order valence-electron chi connectivity index (χ4n) is 2.23. The summed E-state index contributed by atoms with van der Waals surface area (Å²) in [4.78, 5) is 11.6. The third-order valence-corrected chi connectivity index (χ3v) is 3.45. The Bertz CT molecular complexity index is 612. The van der Waals surface area contributed by atoms with Crippen molar-refractivity contribution in [2.75, 3.05) is 5.73 Å². The van der Waals surface area contributed by atoms with Crippen molar-refractivity contribution >= 4 is 23.1 Å². The van der Waals surface area contributed by atoms with Crippen LogP contribution in [0.15, 0.2) is 24.3 Å². The van der Waals surface area contributed by atoms with E-state index in [0.29, 0.717) is 16.3 Å². The number of nitrogens with two attached hydrogens (primary N) is 1. The van der Waals surface area contributed by atoms with E-state index in [4.69, 9.17) is 17.3 Å². The largest absolute Gasteiger partial charge is 0.396 e. The van der Waals surface area contributed by atoms with E-state index in [2.05, 4.69) is 0 Å². The molecule has 0 bridgehead atoms. The maximum Gasteiger partial charge on any atom is 0.163 e. The summed E-state index contributed by atoms with van der Waals surface area (Å²) in [6.45, 7) is 3.43. The lowest BCUT2D eigenvalue weighted by atomic mass is 10.1. The highest BCUT2D eigenvalue weighted by molar-refractivity contribution is 6.30. The number of Topliss-reactive ketones (excluding diaryl/α,β-unsaturated/α-hetero) is 1. The molecule has 18 heavy (non-hydrogen) atoms. The van der Waals surface area contributed by atoms with Crippen LogP contribution in [-0.2, 0) is 7.05 Å². The second-order valence-corrected chi connectivity index (χ2v) is 4.78. The highest BCUT2D eigenvalue weighted by atomic mass is 35.5. The van der Waals surface area contributed by atoms with Gasteiger partial charge in [0.15, 0.2) is 5.78 Å². The van der Waals surface area contributed by atoms with Crippen molar-refractivity contribution in [3.05, 3.63) is 40.5 Å². The van der Waals surface area contributed by atoms with E-state index in [1.165, 1.54) is 6.92 Å². The first-order valence-corrected chi connectivity index (χ1v) is 6.03. The average Bonchev–Trinajstić information content (AvgIpc) is 2.52. The average molecular weight is 263 g/mol. The van der Waals surface area contributed by atoms with Crippen molar-refractivity contribution in [2.45, 2.75) is 13.8 Å². The molecule has 0 unspecified atom stereocenters. The molecule has 2 N–H and O–H groups in total. The first-order valence-electron chi connectivity index (χ1n) is 5.65. The van der Waals surface area contributed by atoms with Crippen LogP contribution in [0, 0.1) is 6.92 Å². The lowest BCUT2D eigenvalue weighted by Crippen LogP contribution is -1.98. The number of halogens is 1. The molecule has 2 rings (SSSR count). The Kier molecular flexibility index (Phi) is 3.18. The summed E-state index contributed by atoms with van der Waals surface area (Å²) in [5.74, 6) is -0.0131. The molecule has 3 nitrogen and oxygen atoms in total. The predicted octanol–water partition coefficient (Wildman–Crippen LogP) is 3.44. The van der Waals surface area contributed by atoms with Crippen LogP contribution in [0.1, 0.15) is 23.0 Å². The van der Waals surface area contributed by atoms with Crippen LogP contribution in [0.4, 0.5) is 5.69 Å². The number of carbonyl (C=O) groups is 1. The fraction of sp³-hybridized carbons (Fsp3) is 0.214. The highest BCUT2D eigenvalue weighted by Crippen LogP contribution is 2.33. The molecule has 0 saturated heterocycles. The van der Waals surface area contributed by atoms with Crippen LogP contribution in [0.2, 0.25) is 5.02 Å². The topological polar surface area (TPSA) is 48.0 Å². The number of nitrogens with zero attached hydrogens (tertiary/aromatic N) is 1. The molecular weight excluding hydrogens is 248 g/mol. The molecule has 0 aliphatic carbocycles. The van der Waals surface area contributed by atoms with Crippen molar-refractivity contribution in [3.8, 4) is 11.3 Å². The van der Waals surface area contributed by atoms with Crippen molar-refractivity contribution in [1.82, 2.24) is 4.57 Å². The second kappa shape index (κ2) is 4.50. The zero-order valence-corrected chi connectivity index (χ0v) is 11.4. The fourth-order valence-corrected chi connectivity index (χ4v) is 2.36. The number of rotatable bonds is 2. The van der Waals surface area contributed by atoms with Crippen LogP contribution >= 0.6 is 11.6 Å². The van der Waals surface area contributed by atoms with Gasteiger partial charge in [0.2, 0.25) is 0 Å². The summed E-state index contributed by atoms with van der Waals surface area (Å²) >= 11 is 5.87. The van der Waals surface area contributed by atoms with Gasteiger partial charge in [0.25, 0.3) is 0 Å². The summed E-state index contributed by atoms with van der Waals surface area (Å²) in [6.07, 6.45) is 0. The monoisotopic (exact) mass is 262 g/mol. The van der Waals surface area contributed by atoms with Gasteiger partial charge in [-0.3, -0.25) is 4.79 Å². The first-order chi connectivity index (χ1) is 8.43. The van der Waals surface area contributed by atoms with Gasteiger partial charge in [-0.2, -0.15) is 0 Å². The van der Waals surface area contributed by atoms with Crippen molar-refractivity contribution in [1.29, 1.82) is 0 Å². The van der Waals surface area contributed by atoms with Gasteiger partial charge in [-0.15, -0.1) is 0 Å². The molecule has 1 heterocycles. The maximum absolute atomic E-state index is 11.6. The van der Waals surface area contributed by atoms with Crippen molar-refractivity contribution < 1.29 is 4.79 Å². The van der Waals surface area contributed by atoms with Gasteiger partial charge in [-0.05, 0) is 26.0 Å². The van der Waals surface area contributed by atoms with Crippen molar-refractivity contribution in [2.24, 2.45) is 7.05 Å². The molecule has 0 spiro atoms. The molecule has 0 atom stereocenters. The Morgan fingerprint density at radius 2 is 1.83 bits per heavy atom.